The van der Waals surface area contributed by atoms with Gasteiger partial charge in [-0.2, -0.15) is 0 Å². The number of nitrogens with one attached hydrogen (secondary N) is 1. The second-order valence-corrected chi connectivity index (χ2v) is 4.82. The van der Waals surface area contributed by atoms with Crippen molar-refractivity contribution in [3.05, 3.63) is 35.4 Å². The zero-order valence-corrected chi connectivity index (χ0v) is 10.4. The van der Waals surface area contributed by atoms with Crippen LogP contribution in [0.3, 0.4) is 0 Å². The summed E-state index contributed by atoms with van der Waals surface area (Å²) in [6, 6.07) is 7.85. The van der Waals surface area contributed by atoms with Gasteiger partial charge in [-0.05, 0) is 30.5 Å². The molecule has 0 aromatic heterocycles. The Morgan fingerprint density at radius 2 is 2.24 bits per heavy atom. The number of rotatable bonds is 4. The van der Waals surface area contributed by atoms with Gasteiger partial charge in [0, 0.05) is 6.54 Å². The van der Waals surface area contributed by atoms with Crippen LogP contribution in [0.4, 0.5) is 4.39 Å². The maximum Gasteiger partial charge on any atom is 0.142 e. The molecule has 0 saturated carbocycles. The lowest BCUT2D eigenvalue weighted by Gasteiger charge is -2.37. The van der Waals surface area contributed by atoms with Crippen molar-refractivity contribution < 1.29 is 4.39 Å². The number of fused-ring (bicyclic) bond motifs is 1. The fourth-order valence-electron chi connectivity index (χ4n) is 2.75. The Hall–Kier alpha value is -0.930. The predicted octanol–water partition coefficient (Wildman–Crippen LogP) is 2.34. The van der Waals surface area contributed by atoms with Gasteiger partial charge in [-0.1, -0.05) is 37.6 Å². The lowest BCUT2D eigenvalue weighted by molar-refractivity contribution is 0.0977. The standard InChI is InChI=1S/C14H21FN2/c1-2-8-14(15,10-16)13-12-6-4-3-5-11(12)7-9-17-13/h3-6,13,17H,2,7-10,16H2,1H3. The maximum absolute atomic E-state index is 14.9. The number of nitrogens with two attached hydrogens (primary N) is 1. The highest BCUT2D eigenvalue weighted by molar-refractivity contribution is 5.34. The van der Waals surface area contributed by atoms with Gasteiger partial charge in [-0.3, -0.25) is 0 Å². The molecule has 0 radical (unpaired) electrons. The molecule has 1 aromatic rings. The average Bonchev–Trinajstić information content (AvgIpc) is 2.38. The summed E-state index contributed by atoms with van der Waals surface area (Å²) < 4.78 is 14.9. The molecule has 0 spiro atoms. The smallest absolute Gasteiger partial charge is 0.142 e. The van der Waals surface area contributed by atoms with E-state index in [1.54, 1.807) is 0 Å². The van der Waals surface area contributed by atoms with E-state index in [2.05, 4.69) is 11.4 Å². The van der Waals surface area contributed by atoms with Gasteiger partial charge in [0.15, 0.2) is 0 Å². The Kier molecular flexibility index (Phi) is 3.79. The quantitative estimate of drug-likeness (QED) is 0.842. The van der Waals surface area contributed by atoms with Gasteiger partial charge < -0.3 is 11.1 Å². The predicted molar refractivity (Wildman–Crippen MR) is 68.7 cm³/mol. The van der Waals surface area contributed by atoms with Gasteiger partial charge in [-0.15, -0.1) is 0 Å². The molecule has 0 saturated heterocycles. The van der Waals surface area contributed by atoms with Crippen molar-refractivity contribution in [3.63, 3.8) is 0 Å². The summed E-state index contributed by atoms with van der Waals surface area (Å²) in [4.78, 5) is 0. The summed E-state index contributed by atoms with van der Waals surface area (Å²) in [7, 11) is 0. The van der Waals surface area contributed by atoms with E-state index in [-0.39, 0.29) is 12.6 Å². The molecular weight excluding hydrogens is 215 g/mol. The number of hydrogen-bond donors (Lipinski definition) is 2. The van der Waals surface area contributed by atoms with E-state index in [4.69, 9.17) is 5.73 Å². The Labute approximate surface area is 102 Å². The van der Waals surface area contributed by atoms with Crippen LogP contribution in [0.2, 0.25) is 0 Å². The van der Waals surface area contributed by atoms with Crippen molar-refractivity contribution in [2.75, 3.05) is 13.1 Å². The molecule has 2 atom stereocenters. The molecule has 2 rings (SSSR count). The van der Waals surface area contributed by atoms with Crippen LogP contribution in [0.1, 0.15) is 36.9 Å². The van der Waals surface area contributed by atoms with E-state index in [0.717, 1.165) is 24.9 Å². The van der Waals surface area contributed by atoms with Gasteiger partial charge >= 0.3 is 0 Å². The van der Waals surface area contributed by atoms with E-state index in [1.807, 2.05) is 25.1 Å². The first-order chi connectivity index (χ1) is 8.21. The van der Waals surface area contributed by atoms with Crippen LogP contribution in [-0.4, -0.2) is 18.8 Å². The minimum absolute atomic E-state index is 0.0762. The minimum atomic E-state index is -1.33. The molecule has 1 aromatic carbocycles. The SMILES string of the molecule is CCCC(F)(CN)C1NCCc2ccccc21. The number of benzene rings is 1. The van der Waals surface area contributed by atoms with Gasteiger partial charge in [0.1, 0.15) is 5.67 Å². The van der Waals surface area contributed by atoms with Crippen LogP contribution in [-0.2, 0) is 6.42 Å². The third-order valence-electron chi connectivity index (χ3n) is 3.63. The van der Waals surface area contributed by atoms with Gasteiger partial charge in [-0.25, -0.2) is 4.39 Å². The largest absolute Gasteiger partial charge is 0.327 e. The van der Waals surface area contributed by atoms with Gasteiger partial charge in [0.2, 0.25) is 0 Å². The summed E-state index contributed by atoms with van der Waals surface area (Å²) in [5.74, 6) is 0. The van der Waals surface area contributed by atoms with Crippen LogP contribution < -0.4 is 11.1 Å². The van der Waals surface area contributed by atoms with E-state index in [9.17, 15) is 4.39 Å². The first-order valence-corrected chi connectivity index (χ1v) is 6.41. The minimum Gasteiger partial charge on any atom is -0.327 e. The number of hydrogen-bond acceptors (Lipinski definition) is 2. The Morgan fingerprint density at radius 1 is 1.47 bits per heavy atom. The van der Waals surface area contributed by atoms with E-state index in [0.29, 0.717) is 6.42 Å². The topological polar surface area (TPSA) is 38.0 Å². The number of alkyl halides is 1. The van der Waals surface area contributed by atoms with Crippen molar-refractivity contribution in [1.29, 1.82) is 0 Å². The third kappa shape index (κ3) is 2.35. The van der Waals surface area contributed by atoms with Crippen molar-refractivity contribution in [3.8, 4) is 0 Å². The normalized spacial score (nSPS) is 22.9. The highest BCUT2D eigenvalue weighted by Crippen LogP contribution is 2.36. The molecule has 3 N–H and O–H groups in total. The fraction of sp³-hybridized carbons (Fsp3) is 0.571. The Bertz CT molecular complexity index is 380. The zero-order valence-electron chi connectivity index (χ0n) is 10.4. The second kappa shape index (κ2) is 5.15. The molecule has 1 aliphatic heterocycles. The summed E-state index contributed by atoms with van der Waals surface area (Å²) in [6.07, 6.45) is 2.29. The first-order valence-electron chi connectivity index (χ1n) is 6.41. The van der Waals surface area contributed by atoms with Crippen molar-refractivity contribution in [1.82, 2.24) is 5.32 Å². The number of halogens is 1. The maximum atomic E-state index is 14.9. The van der Waals surface area contributed by atoms with Crippen LogP contribution in [0.15, 0.2) is 24.3 Å². The lowest BCUT2D eigenvalue weighted by atomic mass is 9.82. The molecule has 0 aliphatic carbocycles. The molecule has 1 aliphatic rings. The van der Waals surface area contributed by atoms with E-state index in [1.165, 1.54) is 5.56 Å². The van der Waals surface area contributed by atoms with Crippen molar-refractivity contribution in [2.24, 2.45) is 5.73 Å². The molecule has 17 heavy (non-hydrogen) atoms. The monoisotopic (exact) mass is 236 g/mol. The van der Waals surface area contributed by atoms with Crippen LogP contribution in [0.5, 0.6) is 0 Å². The molecule has 1 heterocycles. The van der Waals surface area contributed by atoms with Crippen molar-refractivity contribution >= 4 is 0 Å². The molecule has 0 fully saturated rings. The summed E-state index contributed by atoms with van der Waals surface area (Å²) in [6.45, 7) is 2.91. The zero-order chi connectivity index (χ0) is 12.3. The summed E-state index contributed by atoms with van der Waals surface area (Å²) >= 11 is 0. The van der Waals surface area contributed by atoms with E-state index >= 15 is 0 Å². The lowest BCUT2D eigenvalue weighted by Crippen LogP contribution is -2.48. The molecule has 0 bridgehead atoms. The Balaban J connectivity index is 2.34. The van der Waals surface area contributed by atoms with Crippen molar-refractivity contribution in [2.45, 2.75) is 37.9 Å². The van der Waals surface area contributed by atoms with Gasteiger partial charge in [0.25, 0.3) is 0 Å². The van der Waals surface area contributed by atoms with Gasteiger partial charge in [0.05, 0.1) is 6.04 Å². The molecular formula is C14H21FN2. The molecule has 94 valence electrons. The fourth-order valence-corrected chi connectivity index (χ4v) is 2.75. The van der Waals surface area contributed by atoms with Crippen LogP contribution in [0, 0.1) is 0 Å². The summed E-state index contributed by atoms with van der Waals surface area (Å²) in [5.41, 5.74) is 6.67. The molecule has 0 amide bonds. The molecule has 2 unspecified atom stereocenters. The van der Waals surface area contributed by atoms with Crippen LogP contribution in [0.25, 0.3) is 0 Å². The Morgan fingerprint density at radius 3 is 2.94 bits per heavy atom. The molecule has 2 nitrogen and oxygen atoms in total. The van der Waals surface area contributed by atoms with E-state index < -0.39 is 5.67 Å². The second-order valence-electron chi connectivity index (χ2n) is 4.82. The highest BCUT2D eigenvalue weighted by atomic mass is 19.1. The van der Waals surface area contributed by atoms with Crippen LogP contribution >= 0.6 is 0 Å². The third-order valence-corrected chi connectivity index (χ3v) is 3.63. The summed E-state index contributed by atoms with van der Waals surface area (Å²) in [5, 5.41) is 3.30. The molecule has 3 heteroatoms. The average molecular weight is 236 g/mol. The first kappa shape index (κ1) is 12.5. The highest BCUT2D eigenvalue weighted by Gasteiger charge is 2.40.